The number of carboxylic acids is 1. The molecule has 0 fully saturated rings. The van der Waals surface area contributed by atoms with Gasteiger partial charge in [-0.3, -0.25) is 0 Å². The summed E-state index contributed by atoms with van der Waals surface area (Å²) in [6.45, 7) is 2.96. The van der Waals surface area contributed by atoms with Gasteiger partial charge in [0.2, 0.25) is 0 Å². The van der Waals surface area contributed by atoms with Crippen LogP contribution >= 0.6 is 0 Å². The Hall–Kier alpha value is -2.77. The Morgan fingerprint density at radius 3 is 2.95 bits per heavy atom. The quantitative estimate of drug-likeness (QED) is 0.603. The molecule has 2 aromatic rings. The summed E-state index contributed by atoms with van der Waals surface area (Å²) in [5.74, 6) is -1.11. The summed E-state index contributed by atoms with van der Waals surface area (Å²) in [5, 5.41) is 14.2. The molecule has 0 aliphatic rings. The average Bonchev–Trinajstić information content (AvgIpc) is 3.04. The van der Waals surface area contributed by atoms with Crippen LogP contribution in [0, 0.1) is 6.92 Å². The zero-order valence-corrected chi connectivity index (χ0v) is 11.6. The minimum atomic E-state index is -1.11. The van der Waals surface area contributed by atoms with Crippen molar-refractivity contribution in [3.8, 4) is 0 Å². The molecule has 0 aromatic carbocycles. The number of urea groups is 1. The van der Waals surface area contributed by atoms with E-state index in [0.717, 1.165) is 13.0 Å². The zero-order chi connectivity index (χ0) is 15.2. The molecule has 0 radical (unpaired) electrons. The van der Waals surface area contributed by atoms with Gasteiger partial charge in [0.25, 0.3) is 0 Å². The normalized spacial score (nSPS) is 10.3. The highest BCUT2D eigenvalue weighted by molar-refractivity contribution is 5.99. The molecule has 0 unspecified atom stereocenters. The average molecular weight is 291 g/mol. The van der Waals surface area contributed by atoms with Crippen molar-refractivity contribution in [2.75, 3.05) is 11.9 Å². The minimum Gasteiger partial charge on any atom is -0.477 e. The van der Waals surface area contributed by atoms with E-state index in [0.29, 0.717) is 12.2 Å². The molecule has 21 heavy (non-hydrogen) atoms. The molecule has 0 spiro atoms. The van der Waals surface area contributed by atoms with Crippen molar-refractivity contribution in [1.29, 1.82) is 0 Å². The number of aromatic carboxylic acids is 1. The number of aryl methyl sites for hydroxylation is 2. The lowest BCUT2D eigenvalue weighted by atomic mass is 10.3. The van der Waals surface area contributed by atoms with Crippen molar-refractivity contribution in [3.63, 3.8) is 0 Å². The molecular weight excluding hydrogens is 274 g/mol. The summed E-state index contributed by atoms with van der Waals surface area (Å²) in [6, 6.07) is 1.15. The molecule has 0 saturated carbocycles. The van der Waals surface area contributed by atoms with Gasteiger partial charge in [-0.2, -0.15) is 0 Å². The molecule has 0 saturated heterocycles. The van der Waals surface area contributed by atoms with Crippen LogP contribution in [0.3, 0.4) is 0 Å². The monoisotopic (exact) mass is 291 g/mol. The highest BCUT2D eigenvalue weighted by Gasteiger charge is 2.14. The molecule has 4 N–H and O–H groups in total. The summed E-state index contributed by atoms with van der Waals surface area (Å²) < 4.78 is 1.91. The number of amides is 2. The van der Waals surface area contributed by atoms with Gasteiger partial charge in [0.15, 0.2) is 0 Å². The van der Waals surface area contributed by atoms with Gasteiger partial charge >= 0.3 is 12.0 Å². The minimum absolute atomic E-state index is 0.0268. The standard InChI is InChI=1S/C13H17N5O3/c1-9-7-10(11(16-9)12(19)20)17-13(21)15-3-2-5-18-6-4-14-8-18/h4,6-8,16H,2-3,5H2,1H3,(H,19,20)(H2,15,17,21). The van der Waals surface area contributed by atoms with E-state index in [4.69, 9.17) is 5.11 Å². The Bertz CT molecular complexity index is 618. The molecule has 2 rings (SSSR count). The summed E-state index contributed by atoms with van der Waals surface area (Å²) in [5.41, 5.74) is 0.899. The molecule has 2 amide bonds. The third-order valence-electron chi connectivity index (χ3n) is 2.85. The molecule has 0 atom stereocenters. The first-order chi connectivity index (χ1) is 10.1. The first-order valence-electron chi connectivity index (χ1n) is 6.50. The first-order valence-corrected chi connectivity index (χ1v) is 6.50. The van der Waals surface area contributed by atoms with Crippen LogP contribution in [0.5, 0.6) is 0 Å². The lowest BCUT2D eigenvalue weighted by Gasteiger charge is -2.07. The van der Waals surface area contributed by atoms with E-state index in [9.17, 15) is 9.59 Å². The third kappa shape index (κ3) is 4.10. The maximum absolute atomic E-state index is 11.7. The fourth-order valence-electron chi connectivity index (χ4n) is 1.91. The topological polar surface area (TPSA) is 112 Å². The van der Waals surface area contributed by atoms with Gasteiger partial charge < -0.3 is 25.3 Å². The smallest absolute Gasteiger partial charge is 0.354 e. The zero-order valence-electron chi connectivity index (χ0n) is 11.6. The predicted octanol–water partition coefficient (Wildman–Crippen LogP) is 1.43. The molecule has 2 aromatic heterocycles. The van der Waals surface area contributed by atoms with Gasteiger partial charge in [0.1, 0.15) is 5.69 Å². The van der Waals surface area contributed by atoms with Crippen LogP contribution in [-0.2, 0) is 6.54 Å². The highest BCUT2D eigenvalue weighted by Crippen LogP contribution is 2.16. The molecule has 0 aliphatic carbocycles. The van der Waals surface area contributed by atoms with Gasteiger partial charge in [-0.25, -0.2) is 14.6 Å². The van der Waals surface area contributed by atoms with E-state index in [1.807, 2.05) is 10.8 Å². The van der Waals surface area contributed by atoms with Gasteiger partial charge in [0, 0.05) is 31.2 Å². The van der Waals surface area contributed by atoms with E-state index in [-0.39, 0.29) is 11.4 Å². The molecule has 8 nitrogen and oxygen atoms in total. The van der Waals surface area contributed by atoms with Crippen LogP contribution in [0.2, 0.25) is 0 Å². The third-order valence-corrected chi connectivity index (χ3v) is 2.85. The van der Waals surface area contributed by atoms with Crippen LogP contribution < -0.4 is 10.6 Å². The molecule has 8 heteroatoms. The lowest BCUT2D eigenvalue weighted by molar-refractivity contribution is 0.0692. The van der Waals surface area contributed by atoms with Gasteiger partial charge in [-0.15, -0.1) is 0 Å². The Labute approximate surface area is 121 Å². The maximum atomic E-state index is 11.7. The summed E-state index contributed by atoms with van der Waals surface area (Å²) >= 11 is 0. The number of rotatable bonds is 6. The maximum Gasteiger partial charge on any atom is 0.354 e. The Kier molecular flexibility index (Phi) is 4.60. The van der Waals surface area contributed by atoms with Crippen molar-refractivity contribution < 1.29 is 14.7 Å². The Morgan fingerprint density at radius 1 is 1.48 bits per heavy atom. The predicted molar refractivity (Wildman–Crippen MR) is 76.4 cm³/mol. The summed E-state index contributed by atoms with van der Waals surface area (Å²) in [4.78, 5) is 29.3. The number of anilines is 1. The molecule has 0 bridgehead atoms. The van der Waals surface area contributed by atoms with Crippen molar-refractivity contribution in [2.45, 2.75) is 19.9 Å². The van der Waals surface area contributed by atoms with Gasteiger partial charge in [-0.1, -0.05) is 0 Å². The number of H-pyrrole nitrogens is 1. The number of imidazole rings is 1. The molecule has 0 aliphatic heterocycles. The van der Waals surface area contributed by atoms with E-state index in [1.54, 1.807) is 25.5 Å². The van der Waals surface area contributed by atoms with Crippen LogP contribution in [0.4, 0.5) is 10.5 Å². The number of hydrogen-bond acceptors (Lipinski definition) is 3. The number of carbonyl (C=O) groups excluding carboxylic acids is 1. The van der Waals surface area contributed by atoms with E-state index < -0.39 is 12.0 Å². The Morgan fingerprint density at radius 2 is 2.29 bits per heavy atom. The van der Waals surface area contributed by atoms with Crippen molar-refractivity contribution in [2.24, 2.45) is 0 Å². The molecule has 2 heterocycles. The molecule has 112 valence electrons. The number of hydrogen-bond donors (Lipinski definition) is 4. The molecular formula is C13H17N5O3. The van der Waals surface area contributed by atoms with Crippen molar-refractivity contribution >= 4 is 17.7 Å². The highest BCUT2D eigenvalue weighted by atomic mass is 16.4. The van der Waals surface area contributed by atoms with E-state index in [1.165, 1.54) is 0 Å². The van der Waals surface area contributed by atoms with E-state index in [2.05, 4.69) is 20.6 Å². The second-order valence-corrected chi connectivity index (χ2v) is 4.58. The summed E-state index contributed by atoms with van der Waals surface area (Å²) in [6.07, 6.45) is 6.01. The number of aromatic nitrogens is 3. The lowest BCUT2D eigenvalue weighted by Crippen LogP contribution is -2.30. The number of carbonyl (C=O) groups is 2. The van der Waals surface area contributed by atoms with Gasteiger partial charge in [0.05, 0.1) is 12.0 Å². The second-order valence-electron chi connectivity index (χ2n) is 4.58. The fraction of sp³-hybridized carbons (Fsp3) is 0.308. The van der Waals surface area contributed by atoms with Crippen LogP contribution in [0.15, 0.2) is 24.8 Å². The van der Waals surface area contributed by atoms with Crippen molar-refractivity contribution in [3.05, 3.63) is 36.2 Å². The van der Waals surface area contributed by atoms with Gasteiger partial charge in [-0.05, 0) is 19.4 Å². The number of carboxylic acid groups (broad SMARTS) is 1. The van der Waals surface area contributed by atoms with Crippen LogP contribution in [0.1, 0.15) is 22.6 Å². The van der Waals surface area contributed by atoms with Crippen LogP contribution in [0.25, 0.3) is 0 Å². The van der Waals surface area contributed by atoms with Crippen molar-refractivity contribution in [1.82, 2.24) is 19.9 Å². The van der Waals surface area contributed by atoms with E-state index >= 15 is 0 Å². The largest absolute Gasteiger partial charge is 0.477 e. The second kappa shape index (κ2) is 6.60. The number of nitrogens with zero attached hydrogens (tertiary/aromatic N) is 2. The summed E-state index contributed by atoms with van der Waals surface area (Å²) in [7, 11) is 0. The Balaban J connectivity index is 1.78. The number of nitrogens with one attached hydrogen (secondary N) is 3. The fourth-order valence-corrected chi connectivity index (χ4v) is 1.91. The number of aromatic amines is 1. The first kappa shape index (κ1) is 14.6. The van der Waals surface area contributed by atoms with Crippen LogP contribution in [-0.4, -0.2) is 38.2 Å². The SMILES string of the molecule is Cc1cc(NC(=O)NCCCn2ccnc2)c(C(=O)O)[nH]1.